The van der Waals surface area contributed by atoms with Crippen molar-refractivity contribution < 1.29 is 9.59 Å². The van der Waals surface area contributed by atoms with Gasteiger partial charge in [0.1, 0.15) is 0 Å². The molecule has 0 aromatic heterocycles. The van der Waals surface area contributed by atoms with E-state index in [4.69, 9.17) is 0 Å². The Balaban J connectivity index is 1.76. The molecule has 2 aliphatic carbocycles. The molecule has 0 unspecified atom stereocenters. The Bertz CT molecular complexity index is 631. The van der Waals surface area contributed by atoms with E-state index in [1.807, 2.05) is 32.0 Å². The summed E-state index contributed by atoms with van der Waals surface area (Å²) < 4.78 is 0. The number of hydrogen-bond acceptors (Lipinski definition) is 2. The SMILES string of the molecule is Cc1ccc(N2C(=O)[C@@H]3[C@H](C2=O)[C@H]2C=C[C@H]3C2)cc1C. The van der Waals surface area contributed by atoms with Crippen LogP contribution >= 0.6 is 0 Å². The molecule has 1 aromatic carbocycles. The van der Waals surface area contributed by atoms with Gasteiger partial charge >= 0.3 is 0 Å². The summed E-state index contributed by atoms with van der Waals surface area (Å²) in [5.41, 5.74) is 3.02. The smallest absolute Gasteiger partial charge is 0.238 e. The highest BCUT2D eigenvalue weighted by atomic mass is 16.2. The van der Waals surface area contributed by atoms with Crippen LogP contribution in [0.2, 0.25) is 0 Å². The molecule has 2 fully saturated rings. The van der Waals surface area contributed by atoms with E-state index < -0.39 is 0 Å². The Morgan fingerprint density at radius 2 is 1.55 bits per heavy atom. The lowest BCUT2D eigenvalue weighted by molar-refractivity contribution is -0.123. The summed E-state index contributed by atoms with van der Waals surface area (Å²) >= 11 is 0. The van der Waals surface area contributed by atoms with Crippen molar-refractivity contribution in [2.75, 3.05) is 4.90 Å². The van der Waals surface area contributed by atoms with Crippen LogP contribution in [0.4, 0.5) is 5.69 Å². The number of fused-ring (bicyclic) bond motifs is 5. The van der Waals surface area contributed by atoms with Gasteiger partial charge in [0.25, 0.3) is 0 Å². The summed E-state index contributed by atoms with van der Waals surface area (Å²) in [7, 11) is 0. The molecule has 0 N–H and O–H groups in total. The number of amides is 2. The molecule has 4 rings (SSSR count). The summed E-state index contributed by atoms with van der Waals surface area (Å²) in [6, 6.07) is 5.81. The van der Waals surface area contributed by atoms with E-state index in [1.54, 1.807) is 0 Å². The first kappa shape index (κ1) is 11.9. The fourth-order valence-corrected chi connectivity index (χ4v) is 4.02. The number of carbonyl (C=O) groups is 2. The fourth-order valence-electron chi connectivity index (χ4n) is 4.02. The third kappa shape index (κ3) is 1.35. The average molecular weight is 267 g/mol. The molecule has 0 spiro atoms. The molecule has 2 bridgehead atoms. The maximum Gasteiger partial charge on any atom is 0.238 e. The van der Waals surface area contributed by atoms with Crippen molar-refractivity contribution in [3.8, 4) is 0 Å². The molecule has 1 aromatic rings. The first-order chi connectivity index (χ1) is 9.58. The second kappa shape index (κ2) is 3.81. The number of hydrogen-bond donors (Lipinski definition) is 0. The zero-order chi connectivity index (χ0) is 14.0. The van der Waals surface area contributed by atoms with Gasteiger partial charge in [0, 0.05) is 0 Å². The Labute approximate surface area is 118 Å². The first-order valence-electron chi connectivity index (χ1n) is 7.21. The van der Waals surface area contributed by atoms with Crippen LogP contribution in [0.25, 0.3) is 0 Å². The lowest BCUT2D eigenvalue weighted by atomic mass is 9.85. The van der Waals surface area contributed by atoms with Gasteiger partial charge < -0.3 is 0 Å². The van der Waals surface area contributed by atoms with Gasteiger partial charge in [-0.25, -0.2) is 0 Å². The second-order valence-corrected chi connectivity index (χ2v) is 6.28. The minimum atomic E-state index is -0.112. The van der Waals surface area contributed by atoms with Crippen molar-refractivity contribution in [3.05, 3.63) is 41.5 Å². The highest BCUT2D eigenvalue weighted by molar-refractivity contribution is 6.22. The van der Waals surface area contributed by atoms with Crippen molar-refractivity contribution in [2.45, 2.75) is 20.3 Å². The van der Waals surface area contributed by atoms with E-state index in [2.05, 4.69) is 12.2 Å². The van der Waals surface area contributed by atoms with Gasteiger partial charge in [-0.2, -0.15) is 0 Å². The topological polar surface area (TPSA) is 37.4 Å². The normalized spacial score (nSPS) is 34.2. The highest BCUT2D eigenvalue weighted by Crippen LogP contribution is 2.53. The number of allylic oxidation sites excluding steroid dienone is 2. The van der Waals surface area contributed by atoms with Crippen LogP contribution in [0.3, 0.4) is 0 Å². The number of nitrogens with zero attached hydrogens (tertiary/aromatic N) is 1. The average Bonchev–Trinajstić information content (AvgIpc) is 3.08. The van der Waals surface area contributed by atoms with Gasteiger partial charge in [-0.05, 0) is 55.4 Å². The van der Waals surface area contributed by atoms with Crippen LogP contribution in [0.15, 0.2) is 30.4 Å². The zero-order valence-corrected chi connectivity index (χ0v) is 11.7. The van der Waals surface area contributed by atoms with Crippen LogP contribution < -0.4 is 4.90 Å². The Morgan fingerprint density at radius 1 is 0.950 bits per heavy atom. The summed E-state index contributed by atoms with van der Waals surface area (Å²) in [4.78, 5) is 26.7. The lowest BCUT2D eigenvalue weighted by Gasteiger charge is -2.18. The third-order valence-electron chi connectivity index (χ3n) is 5.22. The highest BCUT2D eigenvalue weighted by Gasteiger charge is 2.59. The van der Waals surface area contributed by atoms with Crippen molar-refractivity contribution >= 4 is 17.5 Å². The molecule has 1 aliphatic heterocycles. The predicted octanol–water partition coefficient (Wildman–Crippen LogP) is 2.61. The number of imide groups is 1. The quantitative estimate of drug-likeness (QED) is 0.579. The Morgan fingerprint density at radius 3 is 2.10 bits per heavy atom. The van der Waals surface area contributed by atoms with Gasteiger partial charge in [-0.1, -0.05) is 18.2 Å². The van der Waals surface area contributed by atoms with E-state index in [-0.39, 0.29) is 35.5 Å². The van der Waals surface area contributed by atoms with Crippen LogP contribution in [-0.2, 0) is 9.59 Å². The molecule has 3 heteroatoms. The molecule has 3 aliphatic rings. The van der Waals surface area contributed by atoms with E-state index in [1.165, 1.54) is 10.5 Å². The first-order valence-corrected chi connectivity index (χ1v) is 7.21. The standard InChI is InChI=1S/C17H17NO2/c1-9-3-6-13(7-10(9)2)18-16(19)14-11-4-5-12(8-11)15(14)17(18)20/h3-7,11-12,14-15H,8H2,1-2H3/t11-,12-,14-,15+/m0/s1. The molecular formula is C17H17NO2. The van der Waals surface area contributed by atoms with Crippen molar-refractivity contribution in [3.63, 3.8) is 0 Å². The van der Waals surface area contributed by atoms with Crippen LogP contribution in [0.1, 0.15) is 17.5 Å². The van der Waals surface area contributed by atoms with Crippen LogP contribution in [0.5, 0.6) is 0 Å². The minimum Gasteiger partial charge on any atom is -0.274 e. The number of carbonyl (C=O) groups excluding carboxylic acids is 2. The molecule has 0 radical (unpaired) electrons. The summed E-state index contributed by atoms with van der Waals surface area (Å²) in [5, 5.41) is 0. The van der Waals surface area contributed by atoms with Crippen LogP contribution in [-0.4, -0.2) is 11.8 Å². The molecule has 1 heterocycles. The third-order valence-corrected chi connectivity index (χ3v) is 5.22. The molecule has 1 saturated heterocycles. The molecular weight excluding hydrogens is 250 g/mol. The fraction of sp³-hybridized carbons (Fsp3) is 0.412. The molecule has 1 saturated carbocycles. The maximum absolute atomic E-state index is 12.7. The van der Waals surface area contributed by atoms with Crippen molar-refractivity contribution in [2.24, 2.45) is 23.7 Å². The Hall–Kier alpha value is -1.90. The molecule has 2 amide bonds. The summed E-state index contributed by atoms with van der Waals surface area (Å²) in [6.45, 7) is 4.04. The summed E-state index contributed by atoms with van der Waals surface area (Å²) in [5.74, 6) is 0.328. The minimum absolute atomic E-state index is 0.0000954. The van der Waals surface area contributed by atoms with Gasteiger partial charge in [0.05, 0.1) is 17.5 Å². The van der Waals surface area contributed by atoms with E-state index in [9.17, 15) is 9.59 Å². The van der Waals surface area contributed by atoms with E-state index >= 15 is 0 Å². The second-order valence-electron chi connectivity index (χ2n) is 6.28. The molecule has 3 nitrogen and oxygen atoms in total. The molecule has 102 valence electrons. The van der Waals surface area contributed by atoms with Crippen LogP contribution in [0, 0.1) is 37.5 Å². The van der Waals surface area contributed by atoms with Gasteiger partial charge in [0.15, 0.2) is 0 Å². The van der Waals surface area contributed by atoms with Gasteiger partial charge in [0.2, 0.25) is 11.8 Å². The van der Waals surface area contributed by atoms with Gasteiger partial charge in [-0.15, -0.1) is 0 Å². The van der Waals surface area contributed by atoms with E-state index in [0.717, 1.165) is 17.7 Å². The van der Waals surface area contributed by atoms with E-state index in [0.29, 0.717) is 0 Å². The van der Waals surface area contributed by atoms with Crippen molar-refractivity contribution in [1.29, 1.82) is 0 Å². The number of aryl methyl sites for hydroxylation is 2. The molecule has 4 atom stereocenters. The Kier molecular flexibility index (Phi) is 2.27. The number of rotatable bonds is 1. The largest absolute Gasteiger partial charge is 0.274 e. The number of benzene rings is 1. The summed E-state index contributed by atoms with van der Waals surface area (Å²) in [6.07, 6.45) is 5.23. The monoisotopic (exact) mass is 267 g/mol. The predicted molar refractivity (Wildman–Crippen MR) is 76.1 cm³/mol. The lowest BCUT2D eigenvalue weighted by Crippen LogP contribution is -2.32. The maximum atomic E-state index is 12.7. The van der Waals surface area contributed by atoms with Crippen molar-refractivity contribution in [1.82, 2.24) is 0 Å². The van der Waals surface area contributed by atoms with Gasteiger partial charge in [-0.3, -0.25) is 14.5 Å². The number of anilines is 1. The zero-order valence-electron chi connectivity index (χ0n) is 11.7. The molecule has 20 heavy (non-hydrogen) atoms.